The molecule has 2 aromatic carbocycles. The van der Waals surface area contributed by atoms with Crippen LogP contribution in [0.4, 0.5) is 15.8 Å². The maximum atomic E-state index is 14.2. The third-order valence-corrected chi connectivity index (χ3v) is 5.74. The molecule has 0 saturated heterocycles. The predicted octanol–water partition coefficient (Wildman–Crippen LogP) is 3.20. The Morgan fingerprint density at radius 2 is 2.17 bits per heavy atom. The Morgan fingerprint density at radius 3 is 2.93 bits per heavy atom. The van der Waals surface area contributed by atoms with Crippen LogP contribution in [-0.2, 0) is 9.59 Å². The summed E-state index contributed by atoms with van der Waals surface area (Å²) in [6.07, 6.45) is -0.119. The van der Waals surface area contributed by atoms with E-state index < -0.39 is 17.0 Å². The van der Waals surface area contributed by atoms with Crippen molar-refractivity contribution < 1.29 is 14.0 Å². The lowest BCUT2D eigenvalue weighted by Gasteiger charge is -2.23. The van der Waals surface area contributed by atoms with Gasteiger partial charge in [-0.3, -0.25) is 9.59 Å². The Bertz CT molecular complexity index is 1120. The van der Waals surface area contributed by atoms with Crippen LogP contribution in [0.5, 0.6) is 0 Å². The fourth-order valence-corrected chi connectivity index (χ4v) is 4.10. The third kappa shape index (κ3) is 4.08. The number of carbonyl (C=O) groups is 2. The van der Waals surface area contributed by atoms with Gasteiger partial charge in [0.1, 0.15) is 5.82 Å². The third-order valence-electron chi connectivity index (χ3n) is 4.23. The Balaban J connectivity index is 1.48. The minimum Gasteiger partial charge on any atom is -0.324 e. The molecule has 0 spiro atoms. The molecule has 2 N–H and O–H groups in total. The van der Waals surface area contributed by atoms with E-state index in [1.807, 2.05) is 0 Å². The van der Waals surface area contributed by atoms with Crippen LogP contribution in [0.2, 0.25) is 5.02 Å². The first kappa shape index (κ1) is 19.3. The van der Waals surface area contributed by atoms with Crippen LogP contribution in [0.1, 0.15) is 12.2 Å². The van der Waals surface area contributed by atoms with Crippen LogP contribution in [0.3, 0.4) is 0 Å². The molecule has 3 aromatic rings. The van der Waals surface area contributed by atoms with Crippen molar-refractivity contribution in [1.29, 1.82) is 0 Å². The number of aromatic nitrogens is 4. The summed E-state index contributed by atoms with van der Waals surface area (Å²) >= 11 is 7.20. The number of fused-ring (bicyclic) bond motifs is 1. The molecule has 1 aliphatic rings. The number of carbonyl (C=O) groups excluding carboxylic acids is 2. The second kappa shape index (κ2) is 7.80. The minimum atomic E-state index is -0.642. The van der Waals surface area contributed by atoms with Gasteiger partial charge in [-0.25, -0.2) is 4.39 Å². The first-order chi connectivity index (χ1) is 13.9. The highest BCUT2D eigenvalue weighted by atomic mass is 35.5. The van der Waals surface area contributed by atoms with Gasteiger partial charge in [0.2, 0.25) is 11.8 Å². The SMILES string of the molecule is Cc1nnnn1-c1ccc(F)c(NC(=O)CC2Sc3ccc(Cl)cc3NC2=O)c1. The number of nitrogens with one attached hydrogen (secondary N) is 2. The van der Waals surface area contributed by atoms with E-state index in [2.05, 4.69) is 26.2 Å². The maximum Gasteiger partial charge on any atom is 0.238 e. The largest absolute Gasteiger partial charge is 0.324 e. The Morgan fingerprint density at radius 1 is 1.34 bits per heavy atom. The molecule has 4 rings (SSSR count). The second-order valence-electron chi connectivity index (χ2n) is 6.29. The van der Waals surface area contributed by atoms with Crippen LogP contribution in [0.25, 0.3) is 5.69 Å². The Hall–Kier alpha value is -2.98. The fraction of sp³-hybridized carbons (Fsp3) is 0.167. The van der Waals surface area contributed by atoms with E-state index in [9.17, 15) is 14.0 Å². The van der Waals surface area contributed by atoms with E-state index in [1.165, 1.54) is 34.6 Å². The molecule has 1 atom stereocenters. The molecule has 0 aliphatic carbocycles. The molecular weight excluding hydrogens is 419 g/mol. The molecular formula is C18H14ClFN6O2S. The summed E-state index contributed by atoms with van der Waals surface area (Å²) in [6, 6.07) is 9.30. The summed E-state index contributed by atoms with van der Waals surface area (Å²) in [5.74, 6) is -0.880. The smallest absolute Gasteiger partial charge is 0.238 e. The van der Waals surface area contributed by atoms with Gasteiger partial charge in [-0.15, -0.1) is 16.9 Å². The molecule has 2 heterocycles. The average Bonchev–Trinajstić information content (AvgIpc) is 3.10. The van der Waals surface area contributed by atoms with Crippen molar-refractivity contribution in [3.63, 3.8) is 0 Å². The first-order valence-corrected chi connectivity index (χ1v) is 9.78. The van der Waals surface area contributed by atoms with Crippen molar-refractivity contribution in [2.24, 2.45) is 0 Å². The normalized spacial score (nSPS) is 15.6. The molecule has 0 radical (unpaired) electrons. The number of hydrogen-bond donors (Lipinski definition) is 2. The van der Waals surface area contributed by atoms with Crippen LogP contribution < -0.4 is 10.6 Å². The van der Waals surface area contributed by atoms with Gasteiger partial charge in [0.15, 0.2) is 5.82 Å². The first-order valence-electron chi connectivity index (χ1n) is 8.52. The topological polar surface area (TPSA) is 102 Å². The van der Waals surface area contributed by atoms with Gasteiger partial charge in [-0.1, -0.05) is 11.6 Å². The van der Waals surface area contributed by atoms with E-state index in [1.54, 1.807) is 25.1 Å². The van der Waals surface area contributed by atoms with E-state index in [0.717, 1.165) is 4.90 Å². The molecule has 0 saturated carbocycles. The Kier molecular flexibility index (Phi) is 5.20. The highest BCUT2D eigenvalue weighted by Gasteiger charge is 2.29. The number of anilines is 2. The van der Waals surface area contributed by atoms with Gasteiger partial charge in [-0.05, 0) is 53.7 Å². The number of halogens is 2. The molecule has 0 bridgehead atoms. The van der Waals surface area contributed by atoms with Gasteiger partial charge in [0.05, 0.1) is 22.3 Å². The molecule has 1 aliphatic heterocycles. The van der Waals surface area contributed by atoms with Crippen molar-refractivity contribution in [3.8, 4) is 5.69 Å². The lowest BCUT2D eigenvalue weighted by molar-refractivity contribution is -0.120. The molecule has 1 unspecified atom stereocenters. The highest BCUT2D eigenvalue weighted by Crippen LogP contribution is 2.38. The lowest BCUT2D eigenvalue weighted by atomic mass is 10.2. The summed E-state index contributed by atoms with van der Waals surface area (Å²) in [7, 11) is 0. The molecule has 148 valence electrons. The molecule has 2 amide bonds. The average molecular weight is 433 g/mol. The van der Waals surface area contributed by atoms with Crippen LogP contribution >= 0.6 is 23.4 Å². The second-order valence-corrected chi connectivity index (χ2v) is 7.97. The number of rotatable bonds is 4. The number of benzene rings is 2. The van der Waals surface area contributed by atoms with Crippen LogP contribution in [-0.4, -0.2) is 37.3 Å². The summed E-state index contributed by atoms with van der Waals surface area (Å²) in [5.41, 5.74) is 1.09. The van der Waals surface area contributed by atoms with E-state index in [0.29, 0.717) is 22.2 Å². The van der Waals surface area contributed by atoms with Crippen molar-refractivity contribution >= 4 is 46.6 Å². The quantitative estimate of drug-likeness (QED) is 0.656. The van der Waals surface area contributed by atoms with Crippen LogP contribution in [0.15, 0.2) is 41.3 Å². The van der Waals surface area contributed by atoms with Crippen LogP contribution in [0, 0.1) is 12.7 Å². The number of aryl methyl sites for hydroxylation is 1. The summed E-state index contributed by atoms with van der Waals surface area (Å²) < 4.78 is 15.6. The van der Waals surface area contributed by atoms with Gasteiger partial charge >= 0.3 is 0 Å². The number of thioether (sulfide) groups is 1. The van der Waals surface area contributed by atoms with E-state index in [-0.39, 0.29) is 18.0 Å². The standard InChI is InChI=1S/C18H14ClFN6O2S/c1-9-23-24-25-26(9)11-3-4-12(20)13(7-11)21-17(27)8-16-18(28)22-14-6-10(19)2-5-15(14)29-16/h2-7,16H,8H2,1H3,(H,21,27)(H,22,28). The highest BCUT2D eigenvalue weighted by molar-refractivity contribution is 8.01. The van der Waals surface area contributed by atoms with Gasteiger partial charge in [0, 0.05) is 16.3 Å². The van der Waals surface area contributed by atoms with Gasteiger partial charge in [0.25, 0.3) is 0 Å². The zero-order valence-corrected chi connectivity index (χ0v) is 16.6. The van der Waals surface area contributed by atoms with Crippen molar-refractivity contribution in [3.05, 3.63) is 53.1 Å². The summed E-state index contributed by atoms with van der Waals surface area (Å²) in [4.78, 5) is 25.6. The number of nitrogens with zero attached hydrogens (tertiary/aromatic N) is 4. The van der Waals surface area contributed by atoms with Gasteiger partial charge < -0.3 is 10.6 Å². The lowest BCUT2D eigenvalue weighted by Crippen LogP contribution is -2.32. The zero-order chi connectivity index (χ0) is 20.5. The van der Waals surface area contributed by atoms with E-state index in [4.69, 9.17) is 11.6 Å². The summed E-state index contributed by atoms with van der Waals surface area (Å²) in [6.45, 7) is 1.70. The number of tetrazole rings is 1. The molecule has 8 nitrogen and oxygen atoms in total. The fourth-order valence-electron chi connectivity index (χ4n) is 2.84. The number of hydrogen-bond acceptors (Lipinski definition) is 6. The van der Waals surface area contributed by atoms with E-state index >= 15 is 0 Å². The maximum absolute atomic E-state index is 14.2. The van der Waals surface area contributed by atoms with Gasteiger partial charge in [-0.2, -0.15) is 4.68 Å². The predicted molar refractivity (Wildman–Crippen MR) is 107 cm³/mol. The van der Waals surface area contributed by atoms with Crippen molar-refractivity contribution in [1.82, 2.24) is 20.2 Å². The van der Waals surface area contributed by atoms with Crippen molar-refractivity contribution in [2.75, 3.05) is 10.6 Å². The minimum absolute atomic E-state index is 0.0178. The molecule has 0 fully saturated rings. The molecule has 1 aromatic heterocycles. The monoisotopic (exact) mass is 432 g/mol. The van der Waals surface area contributed by atoms with Crippen molar-refractivity contribution in [2.45, 2.75) is 23.5 Å². The molecule has 29 heavy (non-hydrogen) atoms. The summed E-state index contributed by atoms with van der Waals surface area (Å²) in [5, 5.41) is 16.3. The molecule has 11 heteroatoms. The Labute approximate surface area is 173 Å². The number of amides is 2. The zero-order valence-electron chi connectivity index (χ0n) is 15.0.